The zero-order valence-corrected chi connectivity index (χ0v) is 14.7. The number of hydrogen-bond acceptors (Lipinski definition) is 2. The highest BCUT2D eigenvalue weighted by Gasteiger charge is 2.23. The molecule has 1 aliphatic heterocycles. The minimum absolute atomic E-state index is 0. The zero-order valence-electron chi connectivity index (χ0n) is 12.3. The van der Waals surface area contributed by atoms with Gasteiger partial charge in [0.15, 0.2) is 0 Å². The van der Waals surface area contributed by atoms with E-state index in [0.29, 0.717) is 11.1 Å². The topological polar surface area (TPSA) is 15.3 Å². The van der Waals surface area contributed by atoms with Gasteiger partial charge in [0.2, 0.25) is 0 Å². The Morgan fingerprint density at radius 2 is 1.95 bits per heavy atom. The van der Waals surface area contributed by atoms with Gasteiger partial charge < -0.3 is 5.32 Å². The van der Waals surface area contributed by atoms with E-state index in [0.717, 1.165) is 38.2 Å². The lowest BCUT2D eigenvalue weighted by molar-refractivity contribution is 0.163. The molecule has 1 atom stereocenters. The molecule has 6 heteroatoms. The third kappa shape index (κ3) is 5.91. The number of nitrogens with one attached hydrogen (secondary N) is 1. The first-order valence-corrected chi connectivity index (χ1v) is 7.50. The molecule has 0 bridgehead atoms. The second kappa shape index (κ2) is 10.6. The molecule has 1 aromatic carbocycles. The van der Waals surface area contributed by atoms with Crippen LogP contribution in [-0.2, 0) is 0 Å². The van der Waals surface area contributed by atoms with Crippen LogP contribution in [0.15, 0.2) is 18.2 Å². The Balaban J connectivity index is 0.00000200. The van der Waals surface area contributed by atoms with Crippen molar-refractivity contribution in [2.45, 2.75) is 32.2 Å². The zero-order chi connectivity index (χ0) is 13.7. The van der Waals surface area contributed by atoms with Crippen LogP contribution >= 0.6 is 36.4 Å². The molecule has 122 valence electrons. The number of halogens is 4. The van der Waals surface area contributed by atoms with Crippen LogP contribution < -0.4 is 5.32 Å². The summed E-state index contributed by atoms with van der Waals surface area (Å²) >= 11 is 6.24. The fraction of sp³-hybridized carbons (Fsp3) is 0.600. The average Bonchev–Trinajstić information content (AvgIpc) is 2.42. The predicted molar refractivity (Wildman–Crippen MR) is 92.6 cm³/mol. The number of unbranched alkanes of at least 4 members (excludes halogenated alkanes) is 1. The van der Waals surface area contributed by atoms with Gasteiger partial charge in [-0.2, -0.15) is 0 Å². The van der Waals surface area contributed by atoms with Gasteiger partial charge in [-0.25, -0.2) is 4.39 Å². The summed E-state index contributed by atoms with van der Waals surface area (Å²) < 4.78 is 13.2. The van der Waals surface area contributed by atoms with Crippen LogP contribution in [0.25, 0.3) is 0 Å². The van der Waals surface area contributed by atoms with E-state index >= 15 is 0 Å². The van der Waals surface area contributed by atoms with Gasteiger partial charge in [0.1, 0.15) is 5.82 Å². The van der Waals surface area contributed by atoms with E-state index in [1.807, 2.05) is 6.07 Å². The molecular weight excluding hydrogens is 334 g/mol. The lowest BCUT2D eigenvalue weighted by Crippen LogP contribution is -2.45. The molecule has 1 heterocycles. The summed E-state index contributed by atoms with van der Waals surface area (Å²) in [7, 11) is 0. The van der Waals surface area contributed by atoms with Gasteiger partial charge in [0, 0.05) is 37.2 Å². The predicted octanol–water partition coefficient (Wildman–Crippen LogP) is 4.46. The maximum Gasteiger partial charge on any atom is 0.124 e. The van der Waals surface area contributed by atoms with Crippen molar-refractivity contribution in [2.24, 2.45) is 0 Å². The molecule has 0 unspecified atom stereocenters. The molecule has 1 aliphatic rings. The summed E-state index contributed by atoms with van der Waals surface area (Å²) in [5, 5.41) is 3.92. The normalized spacial score (nSPS) is 16.7. The van der Waals surface area contributed by atoms with Crippen molar-refractivity contribution in [2.75, 3.05) is 26.2 Å². The maximum atomic E-state index is 13.2. The number of piperazine rings is 1. The van der Waals surface area contributed by atoms with Crippen molar-refractivity contribution in [1.82, 2.24) is 10.2 Å². The molecular formula is C15H24Cl3FN2. The molecule has 21 heavy (non-hydrogen) atoms. The first kappa shape index (κ1) is 20.9. The third-order valence-corrected chi connectivity index (χ3v) is 4.07. The third-order valence-electron chi connectivity index (χ3n) is 3.74. The van der Waals surface area contributed by atoms with Crippen molar-refractivity contribution in [3.63, 3.8) is 0 Å². The Bertz CT molecular complexity index is 412. The molecule has 0 aromatic heterocycles. The highest BCUT2D eigenvalue weighted by Crippen LogP contribution is 2.32. The molecule has 0 radical (unpaired) electrons. The largest absolute Gasteiger partial charge is 0.314 e. The van der Waals surface area contributed by atoms with Crippen molar-refractivity contribution in [1.29, 1.82) is 0 Å². The SMILES string of the molecule is CCCC[C@H](c1ccc(F)cc1Cl)N1CCNCC1.Cl.Cl. The van der Waals surface area contributed by atoms with Gasteiger partial charge >= 0.3 is 0 Å². The Morgan fingerprint density at radius 3 is 2.52 bits per heavy atom. The Kier molecular flexibility index (Phi) is 10.6. The number of rotatable bonds is 5. The lowest BCUT2D eigenvalue weighted by Gasteiger charge is -2.35. The first-order chi connectivity index (χ1) is 9.22. The monoisotopic (exact) mass is 356 g/mol. The van der Waals surface area contributed by atoms with Crippen LogP contribution in [0, 0.1) is 5.82 Å². The lowest BCUT2D eigenvalue weighted by atomic mass is 9.98. The highest BCUT2D eigenvalue weighted by atomic mass is 35.5. The summed E-state index contributed by atoms with van der Waals surface area (Å²) in [6.07, 6.45) is 3.42. The minimum atomic E-state index is -0.261. The van der Waals surface area contributed by atoms with Gasteiger partial charge in [-0.15, -0.1) is 24.8 Å². The van der Waals surface area contributed by atoms with E-state index in [-0.39, 0.29) is 30.6 Å². The van der Waals surface area contributed by atoms with Crippen molar-refractivity contribution >= 4 is 36.4 Å². The van der Waals surface area contributed by atoms with Gasteiger partial charge in [-0.3, -0.25) is 4.90 Å². The number of hydrogen-bond donors (Lipinski definition) is 1. The van der Waals surface area contributed by atoms with Crippen LogP contribution in [-0.4, -0.2) is 31.1 Å². The molecule has 2 nitrogen and oxygen atoms in total. The number of benzene rings is 1. The van der Waals surface area contributed by atoms with Gasteiger partial charge in [-0.05, 0) is 24.1 Å². The fourth-order valence-corrected chi connectivity index (χ4v) is 2.99. The van der Waals surface area contributed by atoms with E-state index in [2.05, 4.69) is 17.1 Å². The van der Waals surface area contributed by atoms with Crippen LogP contribution in [0.2, 0.25) is 5.02 Å². The fourth-order valence-electron chi connectivity index (χ4n) is 2.70. The van der Waals surface area contributed by atoms with Crippen LogP contribution in [0.5, 0.6) is 0 Å². The summed E-state index contributed by atoms with van der Waals surface area (Å²) in [5.74, 6) is -0.261. The second-order valence-electron chi connectivity index (χ2n) is 5.11. The molecule has 0 spiro atoms. The van der Waals surface area contributed by atoms with Crippen LogP contribution in [0.1, 0.15) is 37.8 Å². The molecule has 0 amide bonds. The first-order valence-electron chi connectivity index (χ1n) is 7.12. The van der Waals surface area contributed by atoms with Crippen LogP contribution in [0.4, 0.5) is 4.39 Å². The van der Waals surface area contributed by atoms with E-state index in [9.17, 15) is 4.39 Å². The summed E-state index contributed by atoms with van der Waals surface area (Å²) in [6, 6.07) is 5.11. The highest BCUT2D eigenvalue weighted by molar-refractivity contribution is 6.31. The molecule has 1 saturated heterocycles. The smallest absolute Gasteiger partial charge is 0.124 e. The summed E-state index contributed by atoms with van der Waals surface area (Å²) in [5.41, 5.74) is 1.07. The minimum Gasteiger partial charge on any atom is -0.314 e. The Morgan fingerprint density at radius 1 is 1.29 bits per heavy atom. The quantitative estimate of drug-likeness (QED) is 0.837. The van der Waals surface area contributed by atoms with Gasteiger partial charge in [-0.1, -0.05) is 37.4 Å². The van der Waals surface area contributed by atoms with Gasteiger partial charge in [0.25, 0.3) is 0 Å². The van der Waals surface area contributed by atoms with Crippen molar-refractivity contribution in [3.8, 4) is 0 Å². The van der Waals surface area contributed by atoms with Crippen molar-refractivity contribution < 1.29 is 4.39 Å². The second-order valence-corrected chi connectivity index (χ2v) is 5.52. The van der Waals surface area contributed by atoms with Gasteiger partial charge in [0.05, 0.1) is 0 Å². The van der Waals surface area contributed by atoms with Crippen molar-refractivity contribution in [3.05, 3.63) is 34.6 Å². The summed E-state index contributed by atoms with van der Waals surface area (Å²) in [6.45, 7) is 6.29. The maximum absolute atomic E-state index is 13.2. The molecule has 0 aliphatic carbocycles. The summed E-state index contributed by atoms with van der Waals surface area (Å²) in [4.78, 5) is 2.46. The average molecular weight is 358 g/mol. The van der Waals surface area contributed by atoms with E-state index in [4.69, 9.17) is 11.6 Å². The molecule has 1 fully saturated rings. The standard InChI is InChI=1S/C15H22ClFN2.2ClH/c1-2-3-4-15(19-9-7-18-8-10-19)13-6-5-12(17)11-14(13)16;;/h5-6,11,15,18H,2-4,7-10H2,1H3;2*1H/t15-;;/m1../s1. The molecule has 1 aromatic rings. The molecule has 1 N–H and O–H groups in total. The molecule has 0 saturated carbocycles. The van der Waals surface area contributed by atoms with E-state index in [1.54, 1.807) is 0 Å². The van der Waals surface area contributed by atoms with E-state index in [1.165, 1.54) is 25.0 Å². The van der Waals surface area contributed by atoms with E-state index < -0.39 is 0 Å². The Hall–Kier alpha value is -0.0600. The van der Waals surface area contributed by atoms with Crippen LogP contribution in [0.3, 0.4) is 0 Å². The molecule has 2 rings (SSSR count). The number of nitrogens with zero attached hydrogens (tertiary/aromatic N) is 1. The Labute approximate surface area is 144 Å².